The normalized spacial score (nSPS) is 14.3. The van der Waals surface area contributed by atoms with Crippen LogP contribution in [0.15, 0.2) is 102 Å². The van der Waals surface area contributed by atoms with E-state index in [-0.39, 0.29) is 41.1 Å². The van der Waals surface area contributed by atoms with E-state index in [1.165, 1.54) is 105 Å². The number of benzene rings is 4. The fraction of sp³-hybridized carbons (Fsp3) is 0.318. The van der Waals surface area contributed by atoms with Crippen LogP contribution in [0.2, 0.25) is 0 Å². The zero-order valence-corrected chi connectivity index (χ0v) is 33.6. The summed E-state index contributed by atoms with van der Waals surface area (Å²) in [5, 5.41) is 2.83. The van der Waals surface area contributed by atoms with E-state index in [2.05, 4.69) is 160 Å². The van der Waals surface area contributed by atoms with E-state index in [1.807, 2.05) is 0 Å². The fourth-order valence-corrected chi connectivity index (χ4v) is 8.69. The Balaban J connectivity index is 0.00000250. The minimum atomic E-state index is -0.0893. The zero-order valence-electron chi connectivity index (χ0n) is 29.6. The van der Waals surface area contributed by atoms with E-state index in [0.717, 1.165) is 6.42 Å². The SMILES string of the molecule is CC1=C(c2c(C(C)(C)C)c(=C(c3ccccc3)c3ccccc3)cc3c2=[C]([Zr+2])c2cc(C(C)(C)C)ccc2-3)CC=C1C(C)(C)C.[Cl-].[Cl-]. The molecule has 4 aromatic carbocycles. The second-order valence-corrected chi connectivity index (χ2v) is 17.2. The quantitative estimate of drug-likeness (QED) is 0.294. The van der Waals surface area contributed by atoms with Crippen molar-refractivity contribution in [3.8, 4) is 11.1 Å². The summed E-state index contributed by atoms with van der Waals surface area (Å²) >= 11 is 1.48. The first-order valence-electron chi connectivity index (χ1n) is 16.4. The Hall–Kier alpha value is -2.44. The molecule has 0 fully saturated rings. The predicted molar refractivity (Wildman–Crippen MR) is 190 cm³/mol. The molecule has 0 bridgehead atoms. The second kappa shape index (κ2) is 13.5. The summed E-state index contributed by atoms with van der Waals surface area (Å²) in [4.78, 5) is 0. The van der Waals surface area contributed by atoms with Crippen molar-refractivity contribution in [3.63, 3.8) is 0 Å². The van der Waals surface area contributed by atoms with Crippen molar-refractivity contribution < 1.29 is 49.5 Å². The molecular formula is C44H47Cl2Zr. The molecule has 47 heavy (non-hydrogen) atoms. The maximum atomic E-state index is 2.56. The molecule has 3 heteroatoms. The van der Waals surface area contributed by atoms with Crippen molar-refractivity contribution in [3.05, 3.63) is 146 Å². The third-order valence-electron chi connectivity index (χ3n) is 9.64. The number of fused-ring (bicyclic) bond motifs is 3. The molecule has 2 aliphatic carbocycles. The molecule has 2 aliphatic rings. The third kappa shape index (κ3) is 6.75. The van der Waals surface area contributed by atoms with Crippen LogP contribution in [0.3, 0.4) is 0 Å². The van der Waals surface area contributed by atoms with Gasteiger partial charge in [0.2, 0.25) is 0 Å². The Morgan fingerprint density at radius 2 is 1.17 bits per heavy atom. The number of halogens is 2. The topological polar surface area (TPSA) is 0 Å². The van der Waals surface area contributed by atoms with E-state index < -0.39 is 0 Å². The first-order chi connectivity index (χ1) is 21.1. The molecule has 0 saturated heterocycles. The third-order valence-corrected chi connectivity index (χ3v) is 10.9. The summed E-state index contributed by atoms with van der Waals surface area (Å²) in [5.41, 5.74) is 17.0. The van der Waals surface area contributed by atoms with E-state index in [0.29, 0.717) is 0 Å². The Morgan fingerprint density at radius 1 is 0.617 bits per heavy atom. The molecule has 0 N–H and O–H groups in total. The average molecular weight is 738 g/mol. The van der Waals surface area contributed by atoms with Gasteiger partial charge in [0.25, 0.3) is 0 Å². The minimum Gasteiger partial charge on any atom is -1.00 e. The van der Waals surface area contributed by atoms with Crippen LogP contribution >= 0.6 is 0 Å². The number of hydrogen-bond acceptors (Lipinski definition) is 0. The minimum absolute atomic E-state index is 0. The molecule has 6 rings (SSSR count). The van der Waals surface area contributed by atoms with Gasteiger partial charge in [0, 0.05) is 0 Å². The van der Waals surface area contributed by atoms with Crippen LogP contribution in [0.1, 0.15) is 109 Å². The molecule has 0 amide bonds. The predicted octanol–water partition coefficient (Wildman–Crippen LogP) is 4.37. The number of rotatable bonds is 3. The van der Waals surface area contributed by atoms with E-state index >= 15 is 0 Å². The fourth-order valence-electron chi connectivity index (χ4n) is 7.54. The van der Waals surface area contributed by atoms with Gasteiger partial charge in [-0.25, -0.2) is 0 Å². The van der Waals surface area contributed by atoms with Crippen molar-refractivity contribution in [1.29, 1.82) is 0 Å². The van der Waals surface area contributed by atoms with Gasteiger partial charge < -0.3 is 24.8 Å². The van der Waals surface area contributed by atoms with Gasteiger partial charge in [-0.1, -0.05) is 0 Å². The number of hydrogen-bond donors (Lipinski definition) is 0. The average Bonchev–Trinajstić information content (AvgIpc) is 3.50. The van der Waals surface area contributed by atoms with Gasteiger partial charge in [-0.2, -0.15) is 0 Å². The van der Waals surface area contributed by atoms with Gasteiger partial charge in [0.15, 0.2) is 0 Å². The summed E-state index contributed by atoms with van der Waals surface area (Å²) in [6.45, 7) is 23.7. The Kier molecular flexibility index (Phi) is 10.7. The summed E-state index contributed by atoms with van der Waals surface area (Å²) in [6, 6.07) is 31.9. The Morgan fingerprint density at radius 3 is 1.64 bits per heavy atom. The molecular weight excluding hydrogens is 691 g/mol. The summed E-state index contributed by atoms with van der Waals surface area (Å²) in [5.74, 6) is 0. The summed E-state index contributed by atoms with van der Waals surface area (Å²) in [6.07, 6.45) is 3.49. The van der Waals surface area contributed by atoms with Crippen molar-refractivity contribution in [2.45, 2.75) is 86.5 Å². The molecule has 0 nitrogen and oxygen atoms in total. The molecule has 0 unspecified atom stereocenters. The standard InChI is InChI=1S/C44H47.2ClH.Zr/c1-28-33(23-24-38(28)43(5,6)7)40-36-26-31-25-32(42(2,3)4)21-22-34(31)35(36)27-37(41(40)44(8,9)10)39(29-17-13-11-14-18-29)30-19-15-12-16-20-30;;;/h11-22,24-25,27H,23H2,1-10H3;2*1H;/q;;;+2/p-2. The molecule has 0 spiro atoms. The maximum Gasteiger partial charge on any atom is -1.00 e. The van der Waals surface area contributed by atoms with Crippen LogP contribution in [0.4, 0.5) is 0 Å². The van der Waals surface area contributed by atoms with Gasteiger partial charge in [-0.15, -0.1) is 0 Å². The van der Waals surface area contributed by atoms with Crippen molar-refractivity contribution in [2.75, 3.05) is 0 Å². The molecule has 0 saturated carbocycles. The molecule has 4 aromatic rings. The van der Waals surface area contributed by atoms with E-state index in [1.54, 1.807) is 0 Å². The van der Waals surface area contributed by atoms with E-state index in [4.69, 9.17) is 0 Å². The molecule has 0 heterocycles. The number of allylic oxidation sites excluding steroid dienone is 4. The second-order valence-electron chi connectivity index (χ2n) is 16.0. The molecule has 0 radical (unpaired) electrons. The van der Waals surface area contributed by atoms with Crippen LogP contribution in [-0.4, -0.2) is 0 Å². The Labute approximate surface area is 310 Å². The van der Waals surface area contributed by atoms with Crippen LogP contribution in [0, 0.1) is 5.41 Å². The molecule has 241 valence electrons. The molecule has 0 aromatic heterocycles. The van der Waals surface area contributed by atoms with Crippen LogP contribution < -0.4 is 35.3 Å². The first-order valence-corrected chi connectivity index (χ1v) is 17.7. The van der Waals surface area contributed by atoms with Crippen molar-refractivity contribution in [1.82, 2.24) is 0 Å². The van der Waals surface area contributed by atoms with E-state index in [9.17, 15) is 0 Å². The summed E-state index contributed by atoms with van der Waals surface area (Å²) < 4.78 is 1.50. The van der Waals surface area contributed by atoms with Crippen molar-refractivity contribution in [2.24, 2.45) is 5.41 Å². The van der Waals surface area contributed by atoms with Gasteiger partial charge in [-0.05, 0) is 0 Å². The van der Waals surface area contributed by atoms with Crippen molar-refractivity contribution >= 4 is 14.4 Å². The van der Waals surface area contributed by atoms with Gasteiger partial charge in [-0.3, -0.25) is 0 Å². The zero-order chi connectivity index (χ0) is 32.5. The smallest absolute Gasteiger partial charge is 1.00 e. The Bertz CT molecular complexity index is 1970. The largest absolute Gasteiger partial charge is 1.00 e. The monoisotopic (exact) mass is 735 g/mol. The van der Waals surface area contributed by atoms with Crippen LogP contribution in [0.25, 0.3) is 25.6 Å². The maximum absolute atomic E-state index is 2.56. The molecule has 0 aliphatic heterocycles. The first kappa shape index (κ1) is 37.4. The van der Waals surface area contributed by atoms with Gasteiger partial charge >= 0.3 is 288 Å². The van der Waals surface area contributed by atoms with Crippen LogP contribution in [0.5, 0.6) is 0 Å². The van der Waals surface area contributed by atoms with Gasteiger partial charge in [0.05, 0.1) is 0 Å². The summed E-state index contributed by atoms with van der Waals surface area (Å²) in [7, 11) is 0. The van der Waals surface area contributed by atoms with Crippen LogP contribution in [-0.2, 0) is 35.5 Å². The van der Waals surface area contributed by atoms with Gasteiger partial charge in [0.1, 0.15) is 0 Å². The molecule has 0 atom stereocenters.